The van der Waals surface area contributed by atoms with Crippen molar-refractivity contribution in [3.05, 3.63) is 69.5 Å². The molecule has 162 valence electrons. The fourth-order valence-corrected chi connectivity index (χ4v) is 4.57. The number of rotatable bonds is 5. The smallest absolute Gasteiger partial charge is 0.266 e. The first-order valence-corrected chi connectivity index (χ1v) is 11.0. The van der Waals surface area contributed by atoms with E-state index < -0.39 is 28.6 Å². The van der Waals surface area contributed by atoms with E-state index in [1.54, 1.807) is 13.1 Å². The number of hydrogen-bond acceptors (Lipinski definition) is 5. The number of benzene rings is 1. The summed E-state index contributed by atoms with van der Waals surface area (Å²) in [5, 5.41) is 3.51. The summed E-state index contributed by atoms with van der Waals surface area (Å²) in [5.41, 5.74) is 0.855. The molecule has 10 heteroatoms. The van der Waals surface area contributed by atoms with Crippen LogP contribution in [0.2, 0.25) is 0 Å². The molecule has 1 aliphatic heterocycles. The molecule has 0 fully saturated rings. The molecular weight excluding hydrogens is 429 g/mol. The van der Waals surface area contributed by atoms with Crippen molar-refractivity contribution in [3.8, 4) is 0 Å². The molecule has 0 bridgehead atoms. The normalized spacial score (nSPS) is 16.5. The highest BCUT2D eigenvalue weighted by Crippen LogP contribution is 2.27. The van der Waals surface area contributed by atoms with E-state index in [1.165, 1.54) is 23.0 Å². The number of nitrogens with zero attached hydrogens (tertiary/aromatic N) is 3. The average Bonchev–Trinajstić information content (AvgIpc) is 2.76. The summed E-state index contributed by atoms with van der Waals surface area (Å²) < 4.78 is 53.4. The van der Waals surface area contributed by atoms with Gasteiger partial charge in [-0.15, -0.1) is 0 Å². The van der Waals surface area contributed by atoms with Crippen LogP contribution in [0.25, 0.3) is 16.6 Å². The molecular formula is C21H19F3N4O2S. The van der Waals surface area contributed by atoms with Crippen LogP contribution in [-0.2, 0) is 24.4 Å². The lowest BCUT2D eigenvalue weighted by molar-refractivity contribution is 0.146. The van der Waals surface area contributed by atoms with Gasteiger partial charge in [0, 0.05) is 47.0 Å². The SMILES string of the molecule is Cn1c(=O)c(C2=CCS(=O)CC2)cc2c(NCc3cccc(C(F)F)c3F)ncnc21. The number of allylic oxidation sites excluding steroid dienone is 1. The van der Waals surface area contributed by atoms with E-state index >= 15 is 0 Å². The standard InChI is InChI=1S/C21H19F3N4O2S/c1-28-20-16(9-15(21(28)29)12-5-7-31(30)8-6-12)19(26-11-27-20)25-10-13-3-2-4-14(17(13)22)18(23)24/h2-5,9,11,18H,6-8,10H2,1H3,(H,25,26,27). The van der Waals surface area contributed by atoms with Crippen molar-refractivity contribution in [2.75, 3.05) is 16.8 Å². The second kappa shape index (κ2) is 8.62. The zero-order valence-corrected chi connectivity index (χ0v) is 17.4. The van der Waals surface area contributed by atoms with Crippen molar-refractivity contribution in [1.82, 2.24) is 14.5 Å². The van der Waals surface area contributed by atoms with Crippen LogP contribution in [-0.4, -0.2) is 30.2 Å². The molecule has 6 nitrogen and oxygen atoms in total. The Labute approximate surface area is 178 Å². The predicted molar refractivity (Wildman–Crippen MR) is 114 cm³/mol. The topological polar surface area (TPSA) is 76.9 Å². The van der Waals surface area contributed by atoms with Crippen molar-refractivity contribution < 1.29 is 17.4 Å². The lowest BCUT2D eigenvalue weighted by Crippen LogP contribution is -2.23. The fraction of sp³-hybridized carbons (Fsp3) is 0.286. The number of halogens is 3. The van der Waals surface area contributed by atoms with Crippen molar-refractivity contribution in [2.45, 2.75) is 19.4 Å². The monoisotopic (exact) mass is 448 g/mol. The summed E-state index contributed by atoms with van der Waals surface area (Å²) in [6, 6.07) is 5.52. The van der Waals surface area contributed by atoms with E-state index in [4.69, 9.17) is 0 Å². The molecule has 0 saturated heterocycles. The molecule has 1 N–H and O–H groups in total. The minimum Gasteiger partial charge on any atom is -0.365 e. The highest BCUT2D eigenvalue weighted by molar-refractivity contribution is 7.85. The molecule has 1 atom stereocenters. The molecule has 0 amide bonds. The summed E-state index contributed by atoms with van der Waals surface area (Å²) in [6.07, 6.45) is 0.702. The van der Waals surface area contributed by atoms with Gasteiger partial charge < -0.3 is 5.32 Å². The van der Waals surface area contributed by atoms with Crippen molar-refractivity contribution in [2.24, 2.45) is 7.05 Å². The molecule has 4 rings (SSSR count). The van der Waals surface area contributed by atoms with Gasteiger partial charge in [0.25, 0.3) is 12.0 Å². The Bertz CT molecular complexity index is 1270. The average molecular weight is 448 g/mol. The van der Waals surface area contributed by atoms with Gasteiger partial charge in [0.15, 0.2) is 0 Å². The fourth-order valence-electron chi connectivity index (χ4n) is 3.57. The number of aromatic nitrogens is 3. The van der Waals surface area contributed by atoms with E-state index in [9.17, 15) is 22.2 Å². The minimum absolute atomic E-state index is 0.0711. The second-order valence-electron chi connectivity index (χ2n) is 7.15. The van der Waals surface area contributed by atoms with Gasteiger partial charge in [-0.25, -0.2) is 23.1 Å². The van der Waals surface area contributed by atoms with Gasteiger partial charge in [-0.3, -0.25) is 13.6 Å². The Morgan fingerprint density at radius 1 is 1.29 bits per heavy atom. The van der Waals surface area contributed by atoms with Gasteiger partial charge in [-0.1, -0.05) is 24.3 Å². The van der Waals surface area contributed by atoms with Gasteiger partial charge in [0.2, 0.25) is 0 Å². The van der Waals surface area contributed by atoms with E-state index in [-0.39, 0.29) is 17.7 Å². The number of alkyl halides is 2. The van der Waals surface area contributed by atoms with Crippen LogP contribution in [0.3, 0.4) is 0 Å². The van der Waals surface area contributed by atoms with Gasteiger partial charge in [-0.2, -0.15) is 0 Å². The maximum Gasteiger partial charge on any atom is 0.266 e. The number of nitrogens with one attached hydrogen (secondary N) is 1. The van der Waals surface area contributed by atoms with Crippen LogP contribution in [0.15, 0.2) is 41.5 Å². The molecule has 0 spiro atoms. The maximum absolute atomic E-state index is 14.4. The zero-order valence-electron chi connectivity index (χ0n) is 16.6. The Morgan fingerprint density at radius 2 is 2.10 bits per heavy atom. The molecule has 0 radical (unpaired) electrons. The maximum atomic E-state index is 14.4. The van der Waals surface area contributed by atoms with Gasteiger partial charge in [0.1, 0.15) is 23.6 Å². The molecule has 3 heterocycles. The summed E-state index contributed by atoms with van der Waals surface area (Å²) >= 11 is 0. The number of hydrogen-bond donors (Lipinski definition) is 1. The molecule has 0 aliphatic carbocycles. The lowest BCUT2D eigenvalue weighted by atomic mass is 10.0. The molecule has 1 aromatic carbocycles. The van der Waals surface area contributed by atoms with E-state index in [0.29, 0.717) is 40.3 Å². The van der Waals surface area contributed by atoms with Gasteiger partial charge >= 0.3 is 0 Å². The second-order valence-corrected chi connectivity index (χ2v) is 8.77. The van der Waals surface area contributed by atoms with E-state index in [1.807, 2.05) is 6.08 Å². The first-order chi connectivity index (χ1) is 14.9. The summed E-state index contributed by atoms with van der Waals surface area (Å²) in [4.78, 5) is 21.2. The van der Waals surface area contributed by atoms with Crippen molar-refractivity contribution >= 4 is 33.2 Å². The number of aryl methyl sites for hydroxylation is 1. The Hall–Kier alpha value is -3.01. The van der Waals surface area contributed by atoms with Crippen LogP contribution < -0.4 is 10.9 Å². The van der Waals surface area contributed by atoms with E-state index in [2.05, 4.69) is 15.3 Å². The molecule has 2 aromatic heterocycles. The summed E-state index contributed by atoms with van der Waals surface area (Å²) in [5.74, 6) is 0.274. The van der Waals surface area contributed by atoms with Crippen molar-refractivity contribution in [3.63, 3.8) is 0 Å². The minimum atomic E-state index is -2.91. The van der Waals surface area contributed by atoms with Crippen molar-refractivity contribution in [1.29, 1.82) is 0 Å². The molecule has 1 unspecified atom stereocenters. The third-order valence-corrected chi connectivity index (χ3v) is 6.45. The first kappa shape index (κ1) is 21.2. The Balaban J connectivity index is 1.73. The highest BCUT2D eigenvalue weighted by Gasteiger charge is 2.19. The van der Waals surface area contributed by atoms with Crippen LogP contribution in [0.1, 0.15) is 29.5 Å². The quantitative estimate of drug-likeness (QED) is 0.646. The predicted octanol–water partition coefficient (Wildman–Crippen LogP) is 3.55. The molecule has 31 heavy (non-hydrogen) atoms. The summed E-state index contributed by atoms with van der Waals surface area (Å²) in [7, 11) is 0.674. The van der Waals surface area contributed by atoms with Crippen LogP contribution in [0, 0.1) is 5.82 Å². The van der Waals surface area contributed by atoms with Crippen LogP contribution in [0.5, 0.6) is 0 Å². The summed E-state index contributed by atoms with van der Waals surface area (Å²) in [6.45, 7) is -0.0711. The van der Waals surface area contributed by atoms with E-state index in [0.717, 1.165) is 11.6 Å². The highest BCUT2D eigenvalue weighted by atomic mass is 32.2. The lowest BCUT2D eigenvalue weighted by Gasteiger charge is -2.16. The number of pyridine rings is 1. The first-order valence-electron chi connectivity index (χ1n) is 9.55. The van der Waals surface area contributed by atoms with Gasteiger partial charge in [-0.05, 0) is 18.1 Å². The van der Waals surface area contributed by atoms with Gasteiger partial charge in [0.05, 0.1) is 10.9 Å². The zero-order chi connectivity index (χ0) is 22.1. The Kier molecular flexibility index (Phi) is 5.90. The largest absolute Gasteiger partial charge is 0.365 e. The molecule has 1 aliphatic rings. The van der Waals surface area contributed by atoms with Crippen LogP contribution in [0.4, 0.5) is 19.0 Å². The molecule has 3 aromatic rings. The molecule has 0 saturated carbocycles. The number of fused-ring (bicyclic) bond motifs is 1. The third kappa shape index (κ3) is 4.12. The third-order valence-electron chi connectivity index (χ3n) is 5.25. The number of anilines is 1. The Morgan fingerprint density at radius 3 is 2.81 bits per heavy atom. The van der Waals surface area contributed by atoms with Crippen LogP contribution >= 0.6 is 0 Å².